The summed E-state index contributed by atoms with van der Waals surface area (Å²) < 4.78 is 16.4. The molecule has 0 aliphatic rings. The maximum Gasteiger partial charge on any atom is 0.316 e. The number of methoxy groups -OCH3 is 1. The second-order valence-electron chi connectivity index (χ2n) is 6.00. The van der Waals surface area contributed by atoms with Gasteiger partial charge in [0.15, 0.2) is 6.61 Å². The topological polar surface area (TPSA) is 116 Å². The van der Waals surface area contributed by atoms with E-state index < -0.39 is 5.91 Å². The molecule has 0 aliphatic carbocycles. The first-order chi connectivity index (χ1) is 14.5. The van der Waals surface area contributed by atoms with Gasteiger partial charge in [-0.1, -0.05) is 21.1 Å². The number of hydrogen-bond acceptors (Lipinski definition) is 7. The molecule has 0 fully saturated rings. The van der Waals surface area contributed by atoms with Crippen LogP contribution < -0.4 is 20.1 Å². The Morgan fingerprint density at radius 2 is 1.67 bits per heavy atom. The predicted octanol–water partition coefficient (Wildman–Crippen LogP) is 2.43. The summed E-state index contributed by atoms with van der Waals surface area (Å²) in [7, 11) is 1.57. The summed E-state index contributed by atoms with van der Waals surface area (Å²) in [5.74, 6) is 0.594. The van der Waals surface area contributed by atoms with Gasteiger partial charge in [0, 0.05) is 23.1 Å². The molecule has 10 heteroatoms. The molecule has 1 aromatic heterocycles. The van der Waals surface area contributed by atoms with Crippen molar-refractivity contribution in [2.75, 3.05) is 26.8 Å². The number of amides is 2. The highest BCUT2D eigenvalue weighted by Gasteiger charge is 2.15. The van der Waals surface area contributed by atoms with Crippen molar-refractivity contribution in [2.45, 2.75) is 0 Å². The molecule has 0 radical (unpaired) electrons. The number of carbonyl (C=O) groups excluding carboxylic acids is 2. The number of benzene rings is 2. The number of halogens is 1. The zero-order chi connectivity index (χ0) is 21.3. The Balaban J connectivity index is 1.38. The molecule has 0 unspecified atom stereocenters. The maximum atomic E-state index is 12.1. The Morgan fingerprint density at radius 3 is 2.37 bits per heavy atom. The van der Waals surface area contributed by atoms with Crippen LogP contribution in [0.25, 0.3) is 11.4 Å². The molecule has 0 aliphatic heterocycles. The Hall–Kier alpha value is -3.40. The van der Waals surface area contributed by atoms with Crippen molar-refractivity contribution in [3.05, 3.63) is 58.9 Å². The third-order valence-electron chi connectivity index (χ3n) is 3.88. The molecule has 156 valence electrons. The van der Waals surface area contributed by atoms with E-state index in [1.54, 1.807) is 43.5 Å². The highest BCUT2D eigenvalue weighted by Crippen LogP contribution is 2.19. The van der Waals surface area contributed by atoms with Crippen LogP contribution in [0.4, 0.5) is 0 Å². The van der Waals surface area contributed by atoms with Gasteiger partial charge >= 0.3 is 11.8 Å². The molecule has 9 nitrogen and oxygen atoms in total. The minimum atomic E-state index is -0.525. The Morgan fingerprint density at radius 1 is 1.00 bits per heavy atom. The quantitative estimate of drug-likeness (QED) is 0.457. The number of nitrogens with one attached hydrogen (secondary N) is 2. The lowest BCUT2D eigenvalue weighted by Crippen LogP contribution is -2.36. The molecular formula is C20H19BrN4O5. The molecule has 1 heterocycles. The highest BCUT2D eigenvalue weighted by atomic mass is 79.9. The molecule has 3 rings (SSSR count). The van der Waals surface area contributed by atoms with Crippen molar-refractivity contribution in [1.82, 2.24) is 20.8 Å². The van der Waals surface area contributed by atoms with Gasteiger partial charge in [-0.3, -0.25) is 9.59 Å². The van der Waals surface area contributed by atoms with Crippen molar-refractivity contribution in [3.63, 3.8) is 0 Å². The molecule has 2 aromatic carbocycles. The normalized spacial score (nSPS) is 10.3. The molecule has 0 atom stereocenters. The predicted molar refractivity (Wildman–Crippen MR) is 111 cm³/mol. The fourth-order valence-electron chi connectivity index (χ4n) is 2.36. The SMILES string of the molecule is COc1ccc(-c2noc(C(=O)NCCNC(=O)COc3ccc(Br)cc3)n2)cc1. The highest BCUT2D eigenvalue weighted by molar-refractivity contribution is 9.10. The van der Waals surface area contributed by atoms with Crippen molar-refractivity contribution >= 4 is 27.7 Å². The van der Waals surface area contributed by atoms with E-state index in [0.717, 1.165) is 4.47 Å². The fraction of sp³-hybridized carbons (Fsp3) is 0.200. The monoisotopic (exact) mass is 474 g/mol. The number of hydrogen-bond donors (Lipinski definition) is 2. The van der Waals surface area contributed by atoms with Crippen LogP contribution in [-0.2, 0) is 4.79 Å². The van der Waals surface area contributed by atoms with E-state index in [0.29, 0.717) is 22.9 Å². The lowest BCUT2D eigenvalue weighted by Gasteiger charge is -2.07. The maximum absolute atomic E-state index is 12.1. The van der Waals surface area contributed by atoms with Crippen molar-refractivity contribution < 1.29 is 23.6 Å². The lowest BCUT2D eigenvalue weighted by atomic mass is 10.2. The fourth-order valence-corrected chi connectivity index (χ4v) is 2.62. The number of ether oxygens (including phenoxy) is 2. The van der Waals surface area contributed by atoms with Crippen LogP contribution in [0.5, 0.6) is 11.5 Å². The minimum absolute atomic E-state index is 0.121. The summed E-state index contributed by atoms with van der Waals surface area (Å²) in [4.78, 5) is 28.0. The van der Waals surface area contributed by atoms with Crippen LogP contribution in [0.2, 0.25) is 0 Å². The van der Waals surface area contributed by atoms with Crippen LogP contribution >= 0.6 is 15.9 Å². The minimum Gasteiger partial charge on any atom is -0.497 e. The average molecular weight is 475 g/mol. The van der Waals surface area contributed by atoms with Crippen LogP contribution in [-0.4, -0.2) is 48.8 Å². The second kappa shape index (κ2) is 10.4. The van der Waals surface area contributed by atoms with Crippen LogP contribution in [0, 0.1) is 0 Å². The molecule has 2 amide bonds. The largest absolute Gasteiger partial charge is 0.497 e. The Kier molecular flexibility index (Phi) is 7.39. The first-order valence-electron chi connectivity index (χ1n) is 8.96. The molecule has 0 spiro atoms. The van der Waals surface area contributed by atoms with E-state index in [-0.39, 0.29) is 31.5 Å². The lowest BCUT2D eigenvalue weighted by molar-refractivity contribution is -0.123. The Bertz CT molecular complexity index is 989. The van der Waals surface area contributed by atoms with E-state index in [4.69, 9.17) is 14.0 Å². The van der Waals surface area contributed by atoms with Gasteiger partial charge in [-0.05, 0) is 48.5 Å². The zero-order valence-electron chi connectivity index (χ0n) is 16.1. The first-order valence-corrected chi connectivity index (χ1v) is 9.76. The van der Waals surface area contributed by atoms with Gasteiger partial charge in [0.05, 0.1) is 7.11 Å². The molecule has 3 aromatic rings. The van der Waals surface area contributed by atoms with Crippen molar-refractivity contribution in [3.8, 4) is 22.9 Å². The van der Waals surface area contributed by atoms with Gasteiger partial charge in [0.1, 0.15) is 11.5 Å². The van der Waals surface area contributed by atoms with Crippen LogP contribution in [0.1, 0.15) is 10.7 Å². The number of aromatic nitrogens is 2. The van der Waals surface area contributed by atoms with Crippen molar-refractivity contribution in [2.24, 2.45) is 0 Å². The average Bonchev–Trinajstić information content (AvgIpc) is 3.27. The van der Waals surface area contributed by atoms with E-state index in [9.17, 15) is 9.59 Å². The molecule has 0 bridgehead atoms. The molecule has 0 saturated carbocycles. The summed E-state index contributed by atoms with van der Waals surface area (Å²) in [5.41, 5.74) is 0.691. The molecular weight excluding hydrogens is 456 g/mol. The summed E-state index contributed by atoms with van der Waals surface area (Å²) in [5, 5.41) is 9.05. The summed E-state index contributed by atoms with van der Waals surface area (Å²) in [6.07, 6.45) is 0. The van der Waals surface area contributed by atoms with E-state index in [1.807, 2.05) is 12.1 Å². The van der Waals surface area contributed by atoms with Gasteiger partial charge < -0.3 is 24.6 Å². The van der Waals surface area contributed by atoms with E-state index in [2.05, 4.69) is 36.7 Å². The Labute approximate surface area is 180 Å². The van der Waals surface area contributed by atoms with Gasteiger partial charge in [-0.2, -0.15) is 4.98 Å². The zero-order valence-corrected chi connectivity index (χ0v) is 17.6. The first kappa shape index (κ1) is 21.3. The smallest absolute Gasteiger partial charge is 0.316 e. The third kappa shape index (κ3) is 6.05. The third-order valence-corrected chi connectivity index (χ3v) is 4.41. The standard InChI is InChI=1S/C20H19BrN4O5/c1-28-15-6-2-13(3-7-15)18-24-20(30-25-18)19(27)23-11-10-22-17(26)12-29-16-8-4-14(21)5-9-16/h2-9H,10-12H2,1H3,(H,22,26)(H,23,27). The van der Waals surface area contributed by atoms with Gasteiger partial charge in [-0.15, -0.1) is 0 Å². The van der Waals surface area contributed by atoms with Crippen LogP contribution in [0.15, 0.2) is 57.5 Å². The van der Waals surface area contributed by atoms with E-state index >= 15 is 0 Å². The number of rotatable bonds is 9. The number of carbonyl (C=O) groups is 2. The molecule has 30 heavy (non-hydrogen) atoms. The van der Waals surface area contributed by atoms with Gasteiger partial charge in [0.2, 0.25) is 5.82 Å². The van der Waals surface area contributed by atoms with E-state index in [1.165, 1.54) is 0 Å². The van der Waals surface area contributed by atoms with Gasteiger partial charge in [-0.25, -0.2) is 0 Å². The summed E-state index contributed by atoms with van der Waals surface area (Å²) in [6.45, 7) is 0.307. The summed E-state index contributed by atoms with van der Waals surface area (Å²) >= 11 is 3.33. The number of nitrogens with zero attached hydrogens (tertiary/aromatic N) is 2. The van der Waals surface area contributed by atoms with Gasteiger partial charge in [0.25, 0.3) is 5.91 Å². The summed E-state index contributed by atoms with van der Waals surface area (Å²) in [6, 6.07) is 14.2. The second-order valence-corrected chi connectivity index (χ2v) is 6.92. The van der Waals surface area contributed by atoms with Crippen LogP contribution in [0.3, 0.4) is 0 Å². The van der Waals surface area contributed by atoms with Crippen molar-refractivity contribution in [1.29, 1.82) is 0 Å². The molecule has 2 N–H and O–H groups in total. The molecule has 0 saturated heterocycles.